The van der Waals surface area contributed by atoms with Crippen molar-refractivity contribution in [1.82, 2.24) is 0 Å². The number of hydrogen-bond acceptors (Lipinski definition) is 3. The normalized spacial score (nSPS) is 13.6. The molecule has 0 saturated carbocycles. The van der Waals surface area contributed by atoms with Gasteiger partial charge in [-0.1, -0.05) is 61.2 Å². The molecule has 108 valence electrons. The van der Waals surface area contributed by atoms with Crippen molar-refractivity contribution in [1.29, 1.82) is 0 Å². The summed E-state index contributed by atoms with van der Waals surface area (Å²) in [6, 6.07) is 9.94. The molecule has 0 spiro atoms. The predicted molar refractivity (Wildman–Crippen MR) is 84.2 cm³/mol. The van der Waals surface area contributed by atoms with Gasteiger partial charge in [0.1, 0.15) is 0 Å². The summed E-state index contributed by atoms with van der Waals surface area (Å²) in [6.45, 7) is 6.61. The van der Waals surface area contributed by atoms with Gasteiger partial charge in [-0.2, -0.15) is 0 Å². The molecule has 0 aliphatic rings. The quantitative estimate of drug-likeness (QED) is 0.484. The summed E-state index contributed by atoms with van der Waals surface area (Å²) in [5.41, 5.74) is 2.07. The monoisotopic (exact) mass is 292 g/mol. The fourth-order valence-electron chi connectivity index (χ4n) is 1.37. The highest BCUT2D eigenvalue weighted by molar-refractivity contribution is 7.41. The van der Waals surface area contributed by atoms with Crippen molar-refractivity contribution in [3.63, 3.8) is 0 Å². The number of allylic oxidation sites excluding steroid dienone is 3. The Morgan fingerprint density at radius 3 is 2.60 bits per heavy atom. The van der Waals surface area contributed by atoms with E-state index in [1.54, 1.807) is 13.2 Å². The van der Waals surface area contributed by atoms with E-state index in [4.69, 9.17) is 13.6 Å². The van der Waals surface area contributed by atoms with Gasteiger partial charge in [0.25, 0.3) is 0 Å². The highest BCUT2D eigenvalue weighted by atomic mass is 31.2. The largest absolute Gasteiger partial charge is 0.333 e. The van der Waals surface area contributed by atoms with E-state index in [2.05, 4.69) is 6.58 Å². The van der Waals surface area contributed by atoms with Crippen LogP contribution in [0.25, 0.3) is 0 Å². The number of rotatable bonds is 9. The van der Waals surface area contributed by atoms with Crippen molar-refractivity contribution in [3.05, 3.63) is 72.4 Å². The van der Waals surface area contributed by atoms with Gasteiger partial charge in [0.05, 0.1) is 13.2 Å². The molecule has 0 N–H and O–H groups in total. The van der Waals surface area contributed by atoms with Crippen LogP contribution < -0.4 is 0 Å². The van der Waals surface area contributed by atoms with E-state index in [0.717, 1.165) is 11.1 Å². The average molecular weight is 292 g/mol. The van der Waals surface area contributed by atoms with Gasteiger partial charge in [0, 0.05) is 7.11 Å². The Bertz CT molecular complexity index is 440. The van der Waals surface area contributed by atoms with E-state index in [1.807, 2.05) is 55.5 Å². The second kappa shape index (κ2) is 10.5. The SMILES string of the molecule is C=C/C(=C\C=C/C)COP(OC)OCc1ccccc1. The minimum Gasteiger partial charge on any atom is -0.316 e. The molecule has 0 aliphatic heterocycles. The molecular formula is C16H21O3P. The molecule has 0 amide bonds. The van der Waals surface area contributed by atoms with Crippen molar-refractivity contribution < 1.29 is 13.6 Å². The lowest BCUT2D eigenvalue weighted by Gasteiger charge is -2.14. The average Bonchev–Trinajstić information content (AvgIpc) is 2.51. The lowest BCUT2D eigenvalue weighted by Crippen LogP contribution is -1.97. The van der Waals surface area contributed by atoms with Crippen LogP contribution in [0.1, 0.15) is 12.5 Å². The predicted octanol–water partition coefficient (Wildman–Crippen LogP) is 4.78. The maximum atomic E-state index is 5.62. The first kappa shape index (κ1) is 16.8. The summed E-state index contributed by atoms with van der Waals surface area (Å²) in [7, 11) is 0.235. The van der Waals surface area contributed by atoms with E-state index >= 15 is 0 Å². The molecule has 1 aromatic rings. The Balaban J connectivity index is 2.41. The van der Waals surface area contributed by atoms with Gasteiger partial charge < -0.3 is 13.6 Å². The van der Waals surface area contributed by atoms with Gasteiger partial charge in [0.2, 0.25) is 0 Å². The summed E-state index contributed by atoms with van der Waals surface area (Å²) in [6.07, 6.45) is 7.61. The van der Waals surface area contributed by atoms with Gasteiger partial charge in [0.15, 0.2) is 0 Å². The fraction of sp³-hybridized carbons (Fsp3) is 0.250. The van der Waals surface area contributed by atoms with E-state index in [1.165, 1.54) is 0 Å². The molecule has 1 atom stereocenters. The highest BCUT2D eigenvalue weighted by Gasteiger charge is 2.10. The summed E-state index contributed by atoms with van der Waals surface area (Å²) < 4.78 is 16.4. The lowest BCUT2D eigenvalue weighted by molar-refractivity contribution is 0.185. The van der Waals surface area contributed by atoms with Crippen LogP contribution in [0.4, 0.5) is 0 Å². The first-order valence-corrected chi connectivity index (χ1v) is 7.48. The molecule has 0 aromatic heterocycles. The standard InChI is InChI=1S/C16H21O3P/c1-4-6-10-15(5-2)13-18-20(17-3)19-14-16-11-8-7-9-12-16/h4-12H,2,13-14H2,1,3H3/b6-4-,15-10+. The third-order valence-corrected chi connectivity index (χ3v) is 3.41. The van der Waals surface area contributed by atoms with Crippen LogP contribution in [0.2, 0.25) is 0 Å². The molecule has 1 rings (SSSR count). The number of benzene rings is 1. The van der Waals surface area contributed by atoms with Crippen molar-refractivity contribution in [2.24, 2.45) is 0 Å². The smallest absolute Gasteiger partial charge is 0.316 e. The Morgan fingerprint density at radius 1 is 1.25 bits per heavy atom. The molecule has 0 saturated heterocycles. The zero-order chi connectivity index (χ0) is 14.6. The van der Waals surface area contributed by atoms with E-state index in [0.29, 0.717) is 13.2 Å². The van der Waals surface area contributed by atoms with Gasteiger partial charge in [-0.3, -0.25) is 0 Å². The molecule has 0 radical (unpaired) electrons. The van der Waals surface area contributed by atoms with E-state index < -0.39 is 8.60 Å². The summed E-state index contributed by atoms with van der Waals surface area (Å²) in [4.78, 5) is 0. The summed E-state index contributed by atoms with van der Waals surface area (Å²) >= 11 is 0. The first-order chi connectivity index (χ1) is 9.80. The number of hydrogen-bond donors (Lipinski definition) is 0. The van der Waals surface area contributed by atoms with E-state index in [-0.39, 0.29) is 0 Å². The molecule has 0 heterocycles. The van der Waals surface area contributed by atoms with Crippen molar-refractivity contribution in [3.8, 4) is 0 Å². The van der Waals surface area contributed by atoms with Crippen LogP contribution in [-0.4, -0.2) is 13.7 Å². The Kier molecular flexibility index (Phi) is 8.84. The van der Waals surface area contributed by atoms with Crippen molar-refractivity contribution in [2.75, 3.05) is 13.7 Å². The van der Waals surface area contributed by atoms with Gasteiger partial charge in [-0.15, -0.1) is 0 Å². The first-order valence-electron chi connectivity index (χ1n) is 6.38. The summed E-state index contributed by atoms with van der Waals surface area (Å²) in [5.74, 6) is 0. The zero-order valence-corrected chi connectivity index (χ0v) is 12.9. The van der Waals surface area contributed by atoms with Gasteiger partial charge in [-0.05, 0) is 18.1 Å². The minimum atomic E-state index is -1.35. The lowest BCUT2D eigenvalue weighted by atomic mass is 10.2. The Hall–Kier alpha value is -1.25. The molecule has 0 aliphatic carbocycles. The molecular weight excluding hydrogens is 271 g/mol. The summed E-state index contributed by atoms with van der Waals surface area (Å²) in [5, 5.41) is 0. The van der Waals surface area contributed by atoms with Gasteiger partial charge in [-0.25, -0.2) is 0 Å². The third-order valence-electron chi connectivity index (χ3n) is 2.43. The van der Waals surface area contributed by atoms with Gasteiger partial charge >= 0.3 is 8.60 Å². The van der Waals surface area contributed by atoms with Crippen LogP contribution in [0, 0.1) is 0 Å². The molecule has 20 heavy (non-hydrogen) atoms. The van der Waals surface area contributed by atoms with Crippen molar-refractivity contribution >= 4 is 8.60 Å². The van der Waals surface area contributed by atoms with Crippen LogP contribution >= 0.6 is 8.60 Å². The minimum absolute atomic E-state index is 0.419. The molecule has 1 aromatic carbocycles. The van der Waals surface area contributed by atoms with Crippen LogP contribution in [-0.2, 0) is 20.2 Å². The Labute approximate surface area is 122 Å². The topological polar surface area (TPSA) is 27.7 Å². The third kappa shape index (κ3) is 6.78. The highest BCUT2D eigenvalue weighted by Crippen LogP contribution is 2.39. The van der Waals surface area contributed by atoms with Crippen molar-refractivity contribution in [2.45, 2.75) is 13.5 Å². The maximum Gasteiger partial charge on any atom is 0.333 e. The second-order valence-corrected chi connectivity index (χ2v) is 5.24. The molecule has 3 nitrogen and oxygen atoms in total. The molecule has 1 unspecified atom stereocenters. The molecule has 4 heteroatoms. The molecule has 0 fully saturated rings. The fourth-order valence-corrected chi connectivity index (χ4v) is 2.16. The second-order valence-electron chi connectivity index (χ2n) is 3.91. The van der Waals surface area contributed by atoms with E-state index in [9.17, 15) is 0 Å². The zero-order valence-electron chi connectivity index (χ0n) is 12.0. The van der Waals surface area contributed by atoms with Crippen LogP contribution in [0.5, 0.6) is 0 Å². The van der Waals surface area contributed by atoms with Crippen LogP contribution in [0.15, 0.2) is 66.8 Å². The molecule has 0 bridgehead atoms. The van der Waals surface area contributed by atoms with Crippen LogP contribution in [0.3, 0.4) is 0 Å². The Morgan fingerprint density at radius 2 is 2.00 bits per heavy atom. The maximum absolute atomic E-state index is 5.62.